The average molecular weight is 362 g/mol. The molecule has 0 bridgehead atoms. The van der Waals surface area contributed by atoms with Crippen molar-refractivity contribution in [1.82, 2.24) is 15.0 Å². The highest BCUT2D eigenvalue weighted by Gasteiger charge is 2.37. The summed E-state index contributed by atoms with van der Waals surface area (Å²) in [5.74, 6) is 0.556. The van der Waals surface area contributed by atoms with Crippen LogP contribution in [0.25, 0.3) is 11.0 Å². The topological polar surface area (TPSA) is 58.6 Å². The monoisotopic (exact) mass is 361 g/mol. The van der Waals surface area contributed by atoms with Crippen molar-refractivity contribution in [3.8, 4) is 0 Å². The van der Waals surface area contributed by atoms with Gasteiger partial charge in [0.25, 0.3) is 5.56 Å². The summed E-state index contributed by atoms with van der Waals surface area (Å²) in [4.78, 5) is 21.8. The highest BCUT2D eigenvalue weighted by Crippen LogP contribution is 2.39. The molecule has 2 aromatic heterocycles. The largest absolute Gasteiger partial charge is 0.433 e. The lowest BCUT2D eigenvalue weighted by atomic mass is 10.1. The number of aromatic nitrogens is 3. The first-order valence-corrected chi connectivity index (χ1v) is 7.35. The number of hydrogen-bond donors (Lipinski definition) is 1. The van der Waals surface area contributed by atoms with Crippen LogP contribution in [-0.4, -0.2) is 15.0 Å². The fourth-order valence-electron chi connectivity index (χ4n) is 2.18. The Morgan fingerprint density at radius 1 is 1.38 bits per heavy atom. The Bertz CT molecular complexity index is 766. The van der Waals surface area contributed by atoms with Gasteiger partial charge in [0.1, 0.15) is 5.82 Å². The van der Waals surface area contributed by atoms with Crippen LogP contribution in [0.5, 0.6) is 0 Å². The Morgan fingerprint density at radius 2 is 2.05 bits per heavy atom. The van der Waals surface area contributed by atoms with E-state index in [0.29, 0.717) is 5.82 Å². The summed E-state index contributed by atoms with van der Waals surface area (Å²) in [6, 6.07) is 1.22. The van der Waals surface area contributed by atoms with Crippen LogP contribution < -0.4 is 5.56 Å². The summed E-state index contributed by atoms with van der Waals surface area (Å²) in [6.07, 6.45) is -2.82. The van der Waals surface area contributed by atoms with Crippen LogP contribution in [0.1, 0.15) is 47.6 Å². The van der Waals surface area contributed by atoms with E-state index in [1.165, 1.54) is 6.07 Å². The molecule has 0 aliphatic heterocycles. The molecule has 1 saturated carbocycles. The number of alkyl halides is 4. The number of rotatable bonds is 2. The molecule has 21 heavy (non-hydrogen) atoms. The number of aromatic amines is 1. The lowest BCUT2D eigenvalue weighted by Crippen LogP contribution is -2.17. The van der Waals surface area contributed by atoms with E-state index in [4.69, 9.17) is 0 Å². The number of nitrogens with zero attached hydrogens (tertiary/aromatic N) is 2. The first-order valence-electron chi connectivity index (χ1n) is 6.43. The molecule has 0 aromatic carbocycles. The minimum absolute atomic E-state index is 0.0681. The van der Waals surface area contributed by atoms with E-state index < -0.39 is 22.3 Å². The van der Waals surface area contributed by atoms with Gasteiger partial charge in [0.2, 0.25) is 0 Å². The first-order chi connectivity index (χ1) is 9.77. The molecule has 0 radical (unpaired) electrons. The Morgan fingerprint density at radius 3 is 2.57 bits per heavy atom. The number of nitrogens with one attached hydrogen (secondary N) is 1. The minimum atomic E-state index is -4.59. The summed E-state index contributed by atoms with van der Waals surface area (Å²) in [7, 11) is 0. The van der Waals surface area contributed by atoms with Crippen molar-refractivity contribution >= 4 is 27.0 Å². The van der Waals surface area contributed by atoms with Crippen molar-refractivity contribution < 1.29 is 13.2 Å². The van der Waals surface area contributed by atoms with Crippen LogP contribution in [0.4, 0.5) is 13.2 Å². The molecular weight excluding hydrogens is 351 g/mol. The summed E-state index contributed by atoms with van der Waals surface area (Å²) < 4.78 is 39.3. The molecule has 3 rings (SSSR count). The molecule has 1 N–H and O–H groups in total. The molecule has 1 atom stereocenters. The van der Waals surface area contributed by atoms with E-state index in [1.54, 1.807) is 6.92 Å². The Labute approximate surface area is 125 Å². The zero-order chi connectivity index (χ0) is 15.4. The van der Waals surface area contributed by atoms with E-state index in [0.717, 1.165) is 12.8 Å². The minimum Gasteiger partial charge on any atom is -0.310 e. The van der Waals surface area contributed by atoms with Gasteiger partial charge in [-0.25, -0.2) is 9.97 Å². The summed E-state index contributed by atoms with van der Waals surface area (Å²) in [6.45, 7) is 1.55. The maximum atomic E-state index is 13.1. The zero-order valence-corrected chi connectivity index (χ0v) is 12.5. The normalized spacial score (nSPS) is 17.2. The molecule has 1 fully saturated rings. The highest BCUT2D eigenvalue weighted by molar-refractivity contribution is 9.09. The molecule has 4 nitrogen and oxygen atoms in total. The lowest BCUT2D eigenvalue weighted by molar-refractivity contribution is -0.141. The van der Waals surface area contributed by atoms with Gasteiger partial charge in [0, 0.05) is 10.7 Å². The van der Waals surface area contributed by atoms with Crippen LogP contribution in [0, 0.1) is 0 Å². The summed E-state index contributed by atoms with van der Waals surface area (Å²) >= 11 is 3.11. The molecule has 0 amide bonds. The Hall–Kier alpha value is -1.44. The predicted molar refractivity (Wildman–Crippen MR) is 74.5 cm³/mol. The SMILES string of the molecule is CC(Br)c1cc2c(=O)[nH]c(C3CC3)nc2nc1C(F)(F)F. The molecular formula is C13H11BrF3N3O. The van der Waals surface area contributed by atoms with Crippen LogP contribution in [0.2, 0.25) is 0 Å². The Kier molecular flexibility index (Phi) is 3.31. The van der Waals surface area contributed by atoms with Gasteiger partial charge in [-0.05, 0) is 31.4 Å². The van der Waals surface area contributed by atoms with E-state index in [-0.39, 0.29) is 22.5 Å². The zero-order valence-electron chi connectivity index (χ0n) is 11.0. The van der Waals surface area contributed by atoms with Gasteiger partial charge in [0.05, 0.1) is 5.39 Å². The van der Waals surface area contributed by atoms with Crippen molar-refractivity contribution in [3.05, 3.63) is 33.5 Å². The van der Waals surface area contributed by atoms with Crippen molar-refractivity contribution in [3.63, 3.8) is 0 Å². The number of pyridine rings is 1. The van der Waals surface area contributed by atoms with Gasteiger partial charge in [-0.15, -0.1) is 0 Å². The van der Waals surface area contributed by atoms with Crippen molar-refractivity contribution in [2.75, 3.05) is 0 Å². The van der Waals surface area contributed by atoms with Gasteiger partial charge in [0.15, 0.2) is 11.3 Å². The smallest absolute Gasteiger partial charge is 0.310 e. The number of hydrogen-bond acceptors (Lipinski definition) is 3. The van der Waals surface area contributed by atoms with E-state index in [9.17, 15) is 18.0 Å². The van der Waals surface area contributed by atoms with Crippen molar-refractivity contribution in [2.24, 2.45) is 0 Å². The number of halogens is 4. The first kappa shape index (κ1) is 14.5. The molecule has 1 unspecified atom stereocenters. The van der Waals surface area contributed by atoms with E-state index in [1.807, 2.05) is 0 Å². The molecule has 2 heterocycles. The third-order valence-corrected chi connectivity index (χ3v) is 3.90. The third kappa shape index (κ3) is 2.68. The van der Waals surface area contributed by atoms with Crippen molar-refractivity contribution in [2.45, 2.75) is 36.7 Å². The molecule has 112 valence electrons. The quantitative estimate of drug-likeness (QED) is 0.830. The van der Waals surface area contributed by atoms with Crippen LogP contribution in [0.3, 0.4) is 0 Å². The van der Waals surface area contributed by atoms with E-state index in [2.05, 4.69) is 30.9 Å². The summed E-state index contributed by atoms with van der Waals surface area (Å²) in [5, 5.41) is 0.0775. The third-order valence-electron chi connectivity index (χ3n) is 3.41. The second kappa shape index (κ2) is 4.79. The predicted octanol–water partition coefficient (Wildman–Crippen LogP) is 3.67. The van der Waals surface area contributed by atoms with Gasteiger partial charge in [-0.3, -0.25) is 4.79 Å². The fraction of sp³-hybridized carbons (Fsp3) is 0.462. The van der Waals surface area contributed by atoms with Crippen LogP contribution >= 0.6 is 15.9 Å². The standard InChI is InChI=1S/C13H11BrF3N3O/c1-5(14)7-4-8-11(18-9(7)13(15,16)17)19-10(6-2-3-6)20-12(8)21/h4-6H,2-3H2,1H3,(H,18,19,20,21). The van der Waals surface area contributed by atoms with Gasteiger partial charge in [-0.2, -0.15) is 13.2 Å². The fourth-order valence-corrected chi connectivity index (χ4v) is 2.53. The molecule has 1 aliphatic rings. The second-order valence-electron chi connectivity index (χ2n) is 5.14. The van der Waals surface area contributed by atoms with Gasteiger partial charge < -0.3 is 4.98 Å². The van der Waals surface area contributed by atoms with E-state index >= 15 is 0 Å². The lowest BCUT2D eigenvalue weighted by Gasteiger charge is -2.14. The second-order valence-corrected chi connectivity index (χ2v) is 6.51. The highest BCUT2D eigenvalue weighted by atomic mass is 79.9. The molecule has 8 heteroatoms. The maximum absolute atomic E-state index is 13.1. The Balaban J connectivity index is 2.30. The average Bonchev–Trinajstić information content (AvgIpc) is 3.20. The molecule has 0 saturated heterocycles. The molecule has 2 aromatic rings. The van der Waals surface area contributed by atoms with Crippen LogP contribution in [0.15, 0.2) is 10.9 Å². The molecule has 1 aliphatic carbocycles. The van der Waals surface area contributed by atoms with Crippen LogP contribution in [-0.2, 0) is 6.18 Å². The molecule has 0 spiro atoms. The van der Waals surface area contributed by atoms with Gasteiger partial charge in [-0.1, -0.05) is 15.9 Å². The maximum Gasteiger partial charge on any atom is 0.433 e. The van der Waals surface area contributed by atoms with Gasteiger partial charge >= 0.3 is 6.18 Å². The summed E-state index contributed by atoms with van der Waals surface area (Å²) in [5.41, 5.74) is -1.66. The number of fused-ring (bicyclic) bond motifs is 1. The number of H-pyrrole nitrogens is 1. The van der Waals surface area contributed by atoms with Crippen molar-refractivity contribution in [1.29, 1.82) is 0 Å².